The van der Waals surface area contributed by atoms with Gasteiger partial charge in [-0.1, -0.05) is 11.6 Å². The number of carbonyl (C=O) groups is 1. The predicted molar refractivity (Wildman–Crippen MR) is 46.0 cm³/mol. The highest BCUT2D eigenvalue weighted by atomic mass is 35.5. The molecule has 0 aliphatic carbocycles. The van der Waals surface area contributed by atoms with Gasteiger partial charge < -0.3 is 4.74 Å². The Kier molecular flexibility index (Phi) is 2.92. The van der Waals surface area contributed by atoms with Crippen molar-refractivity contribution in [2.24, 2.45) is 5.18 Å². The molecule has 0 bridgehead atoms. The number of hydrogen-bond donors (Lipinski definition) is 0. The van der Waals surface area contributed by atoms with E-state index in [2.05, 4.69) is 14.9 Å². The number of nitrogens with zero attached hydrogens (tertiary/aromatic N) is 2. The normalized spacial score (nSPS) is 9.38. The van der Waals surface area contributed by atoms with Gasteiger partial charge in [0.2, 0.25) is 0 Å². The zero-order chi connectivity index (χ0) is 9.84. The van der Waals surface area contributed by atoms with Crippen LogP contribution in [-0.4, -0.2) is 18.1 Å². The van der Waals surface area contributed by atoms with Crippen LogP contribution in [0.4, 0.5) is 5.69 Å². The molecule has 0 saturated carbocycles. The van der Waals surface area contributed by atoms with Gasteiger partial charge in [-0.25, -0.2) is 9.78 Å². The van der Waals surface area contributed by atoms with Crippen LogP contribution in [0.15, 0.2) is 17.4 Å². The molecule has 0 amide bonds. The summed E-state index contributed by atoms with van der Waals surface area (Å²) < 4.78 is 4.41. The highest BCUT2D eigenvalue weighted by Crippen LogP contribution is 2.26. The topological polar surface area (TPSA) is 68.6 Å². The molecule has 6 heteroatoms. The number of halogens is 1. The molecule has 0 N–H and O–H groups in total. The maximum atomic E-state index is 11.0. The summed E-state index contributed by atoms with van der Waals surface area (Å²) in [6, 6.07) is 1.31. The minimum atomic E-state index is -0.668. The van der Waals surface area contributed by atoms with E-state index < -0.39 is 5.97 Å². The molecule has 0 unspecified atom stereocenters. The standard InChI is InChI=1S/C7H5ClN2O3/c1-13-7(11)4-2-3-9-6(8)5(4)10-12/h2-3H,1H3. The average Bonchev–Trinajstić information content (AvgIpc) is 2.16. The van der Waals surface area contributed by atoms with Crippen molar-refractivity contribution in [2.75, 3.05) is 7.11 Å². The van der Waals surface area contributed by atoms with E-state index in [1.165, 1.54) is 19.4 Å². The average molecular weight is 201 g/mol. The summed E-state index contributed by atoms with van der Waals surface area (Å²) in [6.07, 6.45) is 1.29. The molecule has 68 valence electrons. The number of aromatic nitrogens is 1. The van der Waals surface area contributed by atoms with Gasteiger partial charge in [-0.15, -0.1) is 4.91 Å². The monoisotopic (exact) mass is 200 g/mol. The Hall–Kier alpha value is -1.49. The third-order valence-electron chi connectivity index (χ3n) is 1.38. The number of hydrogen-bond acceptors (Lipinski definition) is 5. The number of rotatable bonds is 2. The Morgan fingerprint density at radius 3 is 2.92 bits per heavy atom. The van der Waals surface area contributed by atoms with E-state index in [9.17, 15) is 9.70 Å². The molecule has 13 heavy (non-hydrogen) atoms. The van der Waals surface area contributed by atoms with Crippen LogP contribution >= 0.6 is 11.6 Å². The number of methoxy groups -OCH3 is 1. The molecule has 0 aliphatic heterocycles. The third-order valence-corrected chi connectivity index (χ3v) is 1.65. The van der Waals surface area contributed by atoms with Crippen molar-refractivity contribution in [3.8, 4) is 0 Å². The van der Waals surface area contributed by atoms with Crippen LogP contribution in [0.3, 0.4) is 0 Å². The van der Waals surface area contributed by atoms with Gasteiger partial charge in [0, 0.05) is 6.20 Å². The van der Waals surface area contributed by atoms with E-state index in [0.29, 0.717) is 0 Å². The molecule has 0 radical (unpaired) electrons. The Morgan fingerprint density at radius 1 is 1.69 bits per heavy atom. The second kappa shape index (κ2) is 3.95. The van der Waals surface area contributed by atoms with E-state index >= 15 is 0 Å². The summed E-state index contributed by atoms with van der Waals surface area (Å²) in [5.41, 5.74) is -0.187. The zero-order valence-corrected chi connectivity index (χ0v) is 7.41. The SMILES string of the molecule is COC(=O)c1ccnc(Cl)c1N=O. The Bertz CT molecular complexity index is 354. The summed E-state index contributed by atoms with van der Waals surface area (Å²) in [6.45, 7) is 0. The molecule has 0 fully saturated rings. The highest BCUT2D eigenvalue weighted by Gasteiger charge is 2.15. The van der Waals surface area contributed by atoms with Crippen LogP contribution in [0.1, 0.15) is 10.4 Å². The first-order valence-corrected chi connectivity index (χ1v) is 3.64. The van der Waals surface area contributed by atoms with Crippen LogP contribution in [0, 0.1) is 4.91 Å². The minimum Gasteiger partial charge on any atom is -0.465 e. The highest BCUT2D eigenvalue weighted by molar-refractivity contribution is 6.32. The fourth-order valence-electron chi connectivity index (χ4n) is 0.790. The first-order valence-electron chi connectivity index (χ1n) is 3.27. The van der Waals surface area contributed by atoms with Crippen molar-refractivity contribution in [3.63, 3.8) is 0 Å². The molecule has 5 nitrogen and oxygen atoms in total. The summed E-state index contributed by atoms with van der Waals surface area (Å²) >= 11 is 5.52. The zero-order valence-electron chi connectivity index (χ0n) is 6.65. The van der Waals surface area contributed by atoms with Gasteiger partial charge in [0.15, 0.2) is 10.8 Å². The largest absolute Gasteiger partial charge is 0.465 e. The molecule has 1 aromatic heterocycles. The Labute approximate surface area is 78.7 Å². The maximum Gasteiger partial charge on any atom is 0.340 e. The first kappa shape index (κ1) is 9.60. The molecule has 1 rings (SSSR count). The van der Waals surface area contributed by atoms with Gasteiger partial charge in [-0.3, -0.25) is 0 Å². The smallest absolute Gasteiger partial charge is 0.340 e. The van der Waals surface area contributed by atoms with Gasteiger partial charge in [0.25, 0.3) is 0 Å². The number of carbonyl (C=O) groups excluding carboxylic acids is 1. The van der Waals surface area contributed by atoms with Gasteiger partial charge in [0.05, 0.1) is 12.7 Å². The maximum absolute atomic E-state index is 11.0. The van der Waals surface area contributed by atoms with Gasteiger partial charge >= 0.3 is 5.97 Å². The third kappa shape index (κ3) is 1.81. The van der Waals surface area contributed by atoms with E-state index in [-0.39, 0.29) is 16.4 Å². The van der Waals surface area contributed by atoms with Crippen LogP contribution < -0.4 is 0 Å². The molecule has 0 atom stereocenters. The molecule has 0 saturated heterocycles. The number of ether oxygens (including phenoxy) is 1. The van der Waals surface area contributed by atoms with Crippen LogP contribution in [0.2, 0.25) is 5.15 Å². The fourth-order valence-corrected chi connectivity index (χ4v) is 0.983. The lowest BCUT2D eigenvalue weighted by Gasteiger charge is -2.00. The van der Waals surface area contributed by atoms with Crippen molar-refractivity contribution in [1.29, 1.82) is 0 Å². The summed E-state index contributed by atoms with van der Waals surface area (Å²) in [7, 11) is 1.20. The number of esters is 1. The summed E-state index contributed by atoms with van der Waals surface area (Å²) in [5, 5.41) is 2.48. The van der Waals surface area contributed by atoms with Gasteiger partial charge in [-0.05, 0) is 11.2 Å². The minimum absolute atomic E-state index is 0.0116. The Morgan fingerprint density at radius 2 is 2.38 bits per heavy atom. The van der Waals surface area contributed by atoms with Crippen LogP contribution in [0.25, 0.3) is 0 Å². The van der Waals surface area contributed by atoms with Crippen molar-refractivity contribution in [3.05, 3.63) is 27.9 Å². The van der Waals surface area contributed by atoms with Crippen molar-refractivity contribution in [2.45, 2.75) is 0 Å². The lowest BCUT2D eigenvalue weighted by Crippen LogP contribution is -2.01. The van der Waals surface area contributed by atoms with E-state index in [4.69, 9.17) is 11.6 Å². The molecule has 0 aliphatic rings. The fraction of sp³-hybridized carbons (Fsp3) is 0.143. The van der Waals surface area contributed by atoms with Crippen LogP contribution in [0.5, 0.6) is 0 Å². The predicted octanol–water partition coefficient (Wildman–Crippen LogP) is 1.92. The second-order valence-corrected chi connectivity index (χ2v) is 2.44. The lowest BCUT2D eigenvalue weighted by molar-refractivity contribution is 0.0601. The number of nitroso groups, excluding NO2 is 1. The molecule has 1 heterocycles. The van der Waals surface area contributed by atoms with E-state index in [0.717, 1.165) is 0 Å². The molecular formula is C7H5ClN2O3. The first-order chi connectivity index (χ1) is 6.20. The molecule has 1 aromatic rings. The van der Waals surface area contributed by atoms with Crippen molar-refractivity contribution >= 4 is 23.3 Å². The summed E-state index contributed by atoms with van der Waals surface area (Å²) in [4.78, 5) is 24.9. The summed E-state index contributed by atoms with van der Waals surface area (Å²) in [5.74, 6) is -0.668. The molecule has 0 aromatic carbocycles. The van der Waals surface area contributed by atoms with Crippen LogP contribution in [-0.2, 0) is 4.74 Å². The quantitative estimate of drug-likeness (QED) is 0.416. The van der Waals surface area contributed by atoms with E-state index in [1.54, 1.807) is 0 Å². The van der Waals surface area contributed by atoms with Crippen molar-refractivity contribution < 1.29 is 9.53 Å². The second-order valence-electron chi connectivity index (χ2n) is 2.08. The molecule has 0 spiro atoms. The number of pyridine rings is 1. The van der Waals surface area contributed by atoms with Crippen molar-refractivity contribution in [1.82, 2.24) is 4.98 Å². The lowest BCUT2D eigenvalue weighted by atomic mass is 10.2. The molecular weight excluding hydrogens is 196 g/mol. The van der Waals surface area contributed by atoms with Gasteiger partial charge in [-0.2, -0.15) is 0 Å². The van der Waals surface area contributed by atoms with E-state index in [1.807, 2.05) is 0 Å². The Balaban J connectivity index is 3.28. The van der Waals surface area contributed by atoms with Gasteiger partial charge in [0.1, 0.15) is 0 Å².